The molecule has 0 radical (unpaired) electrons. The van der Waals surface area contributed by atoms with Gasteiger partial charge in [0.1, 0.15) is 0 Å². The molecule has 31 heavy (non-hydrogen) atoms. The van der Waals surface area contributed by atoms with Gasteiger partial charge in [0, 0.05) is 38.1 Å². The zero-order valence-electron chi connectivity index (χ0n) is 16.2. The Kier molecular flexibility index (Phi) is 5.17. The first-order valence-electron chi connectivity index (χ1n) is 9.22. The summed E-state index contributed by atoms with van der Waals surface area (Å²) >= 11 is 0. The topological polar surface area (TPSA) is 101 Å². The largest absolute Gasteiger partial charge is 0.416 e. The maximum Gasteiger partial charge on any atom is 0.416 e. The molecule has 164 valence electrons. The predicted octanol–water partition coefficient (Wildman–Crippen LogP) is 1.60. The molecule has 3 aromatic rings. The highest BCUT2D eigenvalue weighted by Crippen LogP contribution is 2.31. The standard InChI is InChI=1S/C18H17F3N6O3S/c1-12-5-6-22-17-23-15(24-27(12)17)16(28)25-7-9-26(10-8-25)31(29,30)14-4-2-3-13(11-14)18(19,20)21/h2-6,11H,7-10H2,1H3. The van der Waals surface area contributed by atoms with Crippen molar-refractivity contribution in [3.8, 4) is 0 Å². The molecule has 1 aliphatic heterocycles. The minimum absolute atomic E-state index is 0.0546. The van der Waals surface area contributed by atoms with E-state index in [1.165, 1.54) is 9.42 Å². The van der Waals surface area contributed by atoms with Gasteiger partial charge in [-0.15, -0.1) is 5.10 Å². The van der Waals surface area contributed by atoms with Gasteiger partial charge >= 0.3 is 6.18 Å². The third kappa shape index (κ3) is 3.97. The molecular formula is C18H17F3N6O3S. The Balaban J connectivity index is 1.49. The maximum absolute atomic E-state index is 12.9. The van der Waals surface area contributed by atoms with E-state index in [1.807, 2.05) is 0 Å². The van der Waals surface area contributed by atoms with Crippen LogP contribution in [0.25, 0.3) is 5.78 Å². The van der Waals surface area contributed by atoms with Crippen molar-refractivity contribution >= 4 is 21.7 Å². The van der Waals surface area contributed by atoms with E-state index >= 15 is 0 Å². The van der Waals surface area contributed by atoms with Crippen LogP contribution in [0.15, 0.2) is 41.4 Å². The van der Waals surface area contributed by atoms with E-state index in [0.29, 0.717) is 6.07 Å². The van der Waals surface area contributed by atoms with Gasteiger partial charge in [0.05, 0.1) is 10.5 Å². The minimum atomic E-state index is -4.65. The zero-order valence-corrected chi connectivity index (χ0v) is 17.1. The van der Waals surface area contributed by atoms with Crippen LogP contribution in [-0.4, -0.2) is 69.3 Å². The summed E-state index contributed by atoms with van der Waals surface area (Å²) in [6.45, 7) is 1.77. The van der Waals surface area contributed by atoms with E-state index < -0.39 is 32.6 Å². The number of fused-ring (bicyclic) bond motifs is 1. The summed E-state index contributed by atoms with van der Waals surface area (Å²) in [7, 11) is -4.13. The quantitative estimate of drug-likeness (QED) is 0.596. The van der Waals surface area contributed by atoms with Gasteiger partial charge in [-0.2, -0.15) is 22.5 Å². The monoisotopic (exact) mass is 454 g/mol. The molecule has 0 N–H and O–H groups in total. The molecule has 0 spiro atoms. The molecule has 2 aromatic heterocycles. The van der Waals surface area contributed by atoms with Crippen LogP contribution < -0.4 is 0 Å². The summed E-state index contributed by atoms with van der Waals surface area (Å²) in [5.41, 5.74) is -0.294. The molecule has 0 atom stereocenters. The molecule has 1 saturated heterocycles. The summed E-state index contributed by atoms with van der Waals surface area (Å²) in [6.07, 6.45) is -3.10. The number of carbonyl (C=O) groups is 1. The average molecular weight is 454 g/mol. The van der Waals surface area contributed by atoms with Crippen LogP contribution in [0.1, 0.15) is 21.9 Å². The number of rotatable bonds is 3. The molecule has 1 fully saturated rings. The first-order valence-corrected chi connectivity index (χ1v) is 10.7. The molecule has 1 aliphatic rings. The number of carbonyl (C=O) groups excluding carboxylic acids is 1. The number of aryl methyl sites for hydroxylation is 1. The van der Waals surface area contributed by atoms with Crippen molar-refractivity contribution < 1.29 is 26.4 Å². The number of benzene rings is 1. The van der Waals surface area contributed by atoms with Gasteiger partial charge in [-0.05, 0) is 31.2 Å². The minimum Gasteiger partial charge on any atom is -0.333 e. The van der Waals surface area contributed by atoms with Crippen LogP contribution in [0.3, 0.4) is 0 Å². The van der Waals surface area contributed by atoms with Crippen LogP contribution in [0.2, 0.25) is 0 Å². The van der Waals surface area contributed by atoms with Crippen LogP contribution in [-0.2, 0) is 16.2 Å². The van der Waals surface area contributed by atoms with Gasteiger partial charge in [-0.3, -0.25) is 4.79 Å². The van der Waals surface area contributed by atoms with Gasteiger partial charge in [0.25, 0.3) is 11.7 Å². The highest BCUT2D eigenvalue weighted by atomic mass is 32.2. The maximum atomic E-state index is 12.9. The fraction of sp³-hybridized carbons (Fsp3) is 0.333. The van der Waals surface area contributed by atoms with E-state index in [1.54, 1.807) is 19.2 Å². The fourth-order valence-corrected chi connectivity index (χ4v) is 4.72. The normalized spacial score (nSPS) is 16.1. The first kappa shape index (κ1) is 21.2. The summed E-state index contributed by atoms with van der Waals surface area (Å²) in [5.74, 6) is -0.258. The van der Waals surface area contributed by atoms with Crippen molar-refractivity contribution in [2.24, 2.45) is 0 Å². The second-order valence-corrected chi connectivity index (χ2v) is 8.89. The number of hydrogen-bond acceptors (Lipinski definition) is 6. The number of amides is 1. The van der Waals surface area contributed by atoms with Crippen LogP contribution in [0.5, 0.6) is 0 Å². The van der Waals surface area contributed by atoms with Crippen molar-refractivity contribution in [2.45, 2.75) is 18.0 Å². The molecule has 1 amide bonds. The fourth-order valence-electron chi connectivity index (χ4n) is 3.25. The lowest BCUT2D eigenvalue weighted by molar-refractivity contribution is -0.137. The van der Waals surface area contributed by atoms with E-state index in [0.717, 1.165) is 28.2 Å². The average Bonchev–Trinajstić information content (AvgIpc) is 3.18. The molecule has 4 rings (SSSR count). The first-order chi connectivity index (χ1) is 14.6. The van der Waals surface area contributed by atoms with Gasteiger partial charge in [-0.1, -0.05) is 6.07 Å². The Morgan fingerprint density at radius 2 is 1.81 bits per heavy atom. The van der Waals surface area contributed by atoms with Gasteiger partial charge in [0.2, 0.25) is 15.8 Å². The second kappa shape index (κ2) is 7.57. The number of sulfonamides is 1. The molecule has 0 aliphatic carbocycles. The van der Waals surface area contributed by atoms with E-state index in [4.69, 9.17) is 0 Å². The van der Waals surface area contributed by atoms with Crippen LogP contribution in [0, 0.1) is 6.92 Å². The number of aromatic nitrogens is 4. The number of hydrogen-bond donors (Lipinski definition) is 0. The lowest BCUT2D eigenvalue weighted by Crippen LogP contribution is -2.50. The highest BCUT2D eigenvalue weighted by Gasteiger charge is 2.35. The van der Waals surface area contributed by atoms with Crippen LogP contribution >= 0.6 is 0 Å². The highest BCUT2D eigenvalue weighted by molar-refractivity contribution is 7.89. The Hall–Kier alpha value is -3.06. The number of alkyl halides is 3. The third-order valence-electron chi connectivity index (χ3n) is 4.95. The van der Waals surface area contributed by atoms with E-state index in [2.05, 4.69) is 15.1 Å². The lowest BCUT2D eigenvalue weighted by Gasteiger charge is -2.33. The Labute approximate surface area is 175 Å². The molecule has 1 aromatic carbocycles. The molecule has 0 unspecified atom stereocenters. The molecule has 13 heteroatoms. The molecular weight excluding hydrogens is 437 g/mol. The van der Waals surface area contributed by atoms with Crippen LogP contribution in [0.4, 0.5) is 13.2 Å². The molecule has 9 nitrogen and oxygen atoms in total. The summed E-state index contributed by atoms with van der Waals surface area (Å²) in [6, 6.07) is 5.32. The summed E-state index contributed by atoms with van der Waals surface area (Å²) in [4.78, 5) is 21.8. The summed E-state index contributed by atoms with van der Waals surface area (Å²) < 4.78 is 66.9. The number of halogens is 3. The third-order valence-corrected chi connectivity index (χ3v) is 6.84. The Bertz CT molecular complexity index is 1250. The Morgan fingerprint density at radius 3 is 2.45 bits per heavy atom. The smallest absolute Gasteiger partial charge is 0.333 e. The van der Waals surface area contributed by atoms with Crippen molar-refractivity contribution in [1.82, 2.24) is 28.8 Å². The molecule has 0 saturated carbocycles. The van der Waals surface area contributed by atoms with Crippen molar-refractivity contribution in [2.75, 3.05) is 26.2 Å². The predicted molar refractivity (Wildman–Crippen MR) is 102 cm³/mol. The van der Waals surface area contributed by atoms with Gasteiger partial charge in [0.15, 0.2) is 0 Å². The zero-order chi connectivity index (χ0) is 22.4. The van der Waals surface area contributed by atoms with E-state index in [9.17, 15) is 26.4 Å². The van der Waals surface area contributed by atoms with Crippen molar-refractivity contribution in [1.29, 1.82) is 0 Å². The van der Waals surface area contributed by atoms with Crippen molar-refractivity contribution in [3.63, 3.8) is 0 Å². The number of nitrogens with zero attached hydrogens (tertiary/aromatic N) is 6. The molecule has 0 bridgehead atoms. The van der Waals surface area contributed by atoms with Gasteiger partial charge in [-0.25, -0.2) is 17.9 Å². The Morgan fingerprint density at radius 1 is 1.10 bits per heavy atom. The molecule has 3 heterocycles. The SMILES string of the molecule is Cc1ccnc2nc(C(=O)N3CCN(S(=O)(=O)c4cccc(C(F)(F)F)c4)CC3)nn12. The van der Waals surface area contributed by atoms with Crippen molar-refractivity contribution in [3.05, 3.63) is 53.6 Å². The van der Waals surface area contributed by atoms with Gasteiger partial charge < -0.3 is 4.90 Å². The summed E-state index contributed by atoms with van der Waals surface area (Å²) in [5, 5.41) is 4.15. The number of piperazine rings is 1. The second-order valence-electron chi connectivity index (χ2n) is 6.96. The lowest BCUT2D eigenvalue weighted by atomic mass is 10.2. The van der Waals surface area contributed by atoms with E-state index in [-0.39, 0.29) is 37.8 Å².